The van der Waals surface area contributed by atoms with Crippen molar-refractivity contribution in [2.45, 2.75) is 26.4 Å². The van der Waals surface area contributed by atoms with Gasteiger partial charge in [0, 0.05) is 17.8 Å². The van der Waals surface area contributed by atoms with Crippen LogP contribution in [0.25, 0.3) is 23.3 Å². The summed E-state index contributed by atoms with van der Waals surface area (Å²) in [7, 11) is 1.34. The Morgan fingerprint density at radius 3 is 2.70 bits per heavy atom. The molecule has 0 spiro atoms. The van der Waals surface area contributed by atoms with Crippen molar-refractivity contribution in [1.82, 2.24) is 24.6 Å². The number of benzene rings is 1. The Kier molecular flexibility index (Phi) is 6.10. The lowest BCUT2D eigenvalue weighted by atomic mass is 10.2. The molecule has 0 aliphatic carbocycles. The number of ether oxygens (including phenoxy) is 1. The van der Waals surface area contributed by atoms with Gasteiger partial charge in [0.25, 0.3) is 0 Å². The average molecular weight is 411 g/mol. The Labute approximate surface area is 172 Å². The van der Waals surface area contributed by atoms with Gasteiger partial charge in [-0.3, -0.25) is 9.36 Å². The molecule has 3 aromatic rings. The van der Waals surface area contributed by atoms with Crippen molar-refractivity contribution in [3.63, 3.8) is 0 Å². The van der Waals surface area contributed by atoms with Crippen molar-refractivity contribution >= 4 is 12.0 Å². The van der Waals surface area contributed by atoms with Crippen LogP contribution in [0.5, 0.6) is 5.75 Å². The monoisotopic (exact) mass is 411 g/mol. The molecule has 0 radical (unpaired) electrons. The van der Waals surface area contributed by atoms with Crippen molar-refractivity contribution in [3.8, 4) is 23.0 Å². The number of carbonyl (C=O) groups excluding carboxylic acids is 1. The molecule has 8 nitrogen and oxygen atoms in total. The largest absolute Gasteiger partial charge is 0.494 e. The summed E-state index contributed by atoms with van der Waals surface area (Å²) < 4.78 is 21.2. The first-order valence-corrected chi connectivity index (χ1v) is 9.26. The molecular formula is C21H22FN5O3. The number of nitrogens with one attached hydrogen (secondary N) is 1. The number of amides is 1. The molecule has 30 heavy (non-hydrogen) atoms. The van der Waals surface area contributed by atoms with Crippen LogP contribution in [0.4, 0.5) is 4.39 Å². The smallest absolute Gasteiger partial charge is 0.352 e. The third-order valence-corrected chi connectivity index (χ3v) is 4.25. The molecule has 1 amide bonds. The lowest BCUT2D eigenvalue weighted by Crippen LogP contribution is -2.36. The summed E-state index contributed by atoms with van der Waals surface area (Å²) >= 11 is 0. The van der Waals surface area contributed by atoms with E-state index >= 15 is 0 Å². The van der Waals surface area contributed by atoms with E-state index in [-0.39, 0.29) is 35.9 Å². The van der Waals surface area contributed by atoms with Crippen LogP contribution in [0.2, 0.25) is 0 Å². The van der Waals surface area contributed by atoms with Gasteiger partial charge < -0.3 is 10.1 Å². The lowest BCUT2D eigenvalue weighted by molar-refractivity contribution is -0.122. The van der Waals surface area contributed by atoms with Gasteiger partial charge in [0.15, 0.2) is 23.2 Å². The number of carbonyl (C=O) groups is 1. The normalized spacial score (nSPS) is 10.8. The van der Waals surface area contributed by atoms with E-state index in [4.69, 9.17) is 4.74 Å². The summed E-state index contributed by atoms with van der Waals surface area (Å²) in [5, 5.41) is 7.11. The number of pyridine rings is 1. The van der Waals surface area contributed by atoms with E-state index in [0.717, 1.165) is 10.2 Å². The molecule has 0 unspecified atom stereocenters. The molecule has 3 rings (SSSR count). The second-order valence-corrected chi connectivity index (χ2v) is 6.83. The number of rotatable bonds is 7. The highest BCUT2D eigenvalue weighted by molar-refractivity contribution is 5.76. The lowest BCUT2D eigenvalue weighted by Gasteiger charge is -2.10. The molecule has 0 atom stereocenters. The molecule has 0 aliphatic heterocycles. The summed E-state index contributed by atoms with van der Waals surface area (Å²) in [4.78, 5) is 29.7. The zero-order chi connectivity index (χ0) is 21.8. The van der Waals surface area contributed by atoms with Gasteiger partial charge in [-0.25, -0.2) is 14.2 Å². The van der Waals surface area contributed by atoms with Gasteiger partial charge in [0.2, 0.25) is 5.91 Å². The molecule has 0 saturated carbocycles. The number of nitrogens with zero attached hydrogens (tertiary/aromatic N) is 4. The highest BCUT2D eigenvalue weighted by atomic mass is 19.1. The Balaban J connectivity index is 2.14. The van der Waals surface area contributed by atoms with Crippen LogP contribution in [0, 0.1) is 5.82 Å². The van der Waals surface area contributed by atoms with E-state index in [1.807, 2.05) is 13.8 Å². The van der Waals surface area contributed by atoms with Crippen LogP contribution in [0.3, 0.4) is 0 Å². The maximum atomic E-state index is 13.9. The summed E-state index contributed by atoms with van der Waals surface area (Å²) in [6.45, 7) is 7.06. The SMILES string of the molecule is C=Cc1ccc(-n2nc(-c3ccc(F)c(OC)c3)n(CC(=O)NC(C)C)c2=O)nc1. The molecule has 0 aliphatic rings. The molecule has 156 valence electrons. The highest BCUT2D eigenvalue weighted by Crippen LogP contribution is 2.25. The fourth-order valence-corrected chi connectivity index (χ4v) is 2.86. The predicted octanol–water partition coefficient (Wildman–Crippen LogP) is 2.41. The Hall–Kier alpha value is -3.75. The molecule has 1 aromatic carbocycles. The third-order valence-electron chi connectivity index (χ3n) is 4.25. The molecular weight excluding hydrogens is 389 g/mol. The zero-order valence-electron chi connectivity index (χ0n) is 16.9. The van der Waals surface area contributed by atoms with E-state index in [1.54, 1.807) is 24.4 Å². The van der Waals surface area contributed by atoms with E-state index in [2.05, 4.69) is 22.0 Å². The fraction of sp³-hybridized carbons (Fsp3) is 0.238. The number of aromatic nitrogens is 4. The number of methoxy groups -OCH3 is 1. The molecule has 1 N–H and O–H groups in total. The first-order chi connectivity index (χ1) is 14.3. The van der Waals surface area contributed by atoms with Gasteiger partial charge in [-0.15, -0.1) is 5.10 Å². The van der Waals surface area contributed by atoms with Crippen LogP contribution >= 0.6 is 0 Å². The molecule has 2 aromatic heterocycles. The Bertz CT molecular complexity index is 1130. The van der Waals surface area contributed by atoms with Crippen molar-refractivity contribution in [1.29, 1.82) is 0 Å². The second-order valence-electron chi connectivity index (χ2n) is 6.83. The molecule has 2 heterocycles. The maximum Gasteiger partial charge on any atom is 0.352 e. The second kappa shape index (κ2) is 8.73. The molecule has 0 fully saturated rings. The van der Waals surface area contributed by atoms with E-state index in [9.17, 15) is 14.0 Å². The van der Waals surface area contributed by atoms with E-state index < -0.39 is 11.5 Å². The quantitative estimate of drug-likeness (QED) is 0.645. The van der Waals surface area contributed by atoms with Crippen molar-refractivity contribution in [2.24, 2.45) is 0 Å². The van der Waals surface area contributed by atoms with Crippen LogP contribution in [-0.4, -0.2) is 38.4 Å². The first kappa shape index (κ1) is 21.0. The van der Waals surface area contributed by atoms with Gasteiger partial charge in [0.05, 0.1) is 7.11 Å². The van der Waals surface area contributed by atoms with Gasteiger partial charge in [-0.1, -0.05) is 12.7 Å². The van der Waals surface area contributed by atoms with Crippen LogP contribution < -0.4 is 15.7 Å². The van der Waals surface area contributed by atoms with Crippen LogP contribution in [0.15, 0.2) is 47.9 Å². The minimum atomic E-state index is -0.550. The van der Waals surface area contributed by atoms with Crippen molar-refractivity contribution in [3.05, 3.63) is 65.0 Å². The number of hydrogen-bond donors (Lipinski definition) is 1. The molecule has 0 bridgehead atoms. The Morgan fingerprint density at radius 2 is 2.10 bits per heavy atom. The summed E-state index contributed by atoms with van der Waals surface area (Å²) in [6.07, 6.45) is 3.19. The average Bonchev–Trinajstić information content (AvgIpc) is 3.04. The fourth-order valence-electron chi connectivity index (χ4n) is 2.86. The number of hydrogen-bond acceptors (Lipinski definition) is 5. The van der Waals surface area contributed by atoms with Gasteiger partial charge in [0.1, 0.15) is 6.54 Å². The topological polar surface area (TPSA) is 91.0 Å². The third kappa shape index (κ3) is 4.29. The predicted molar refractivity (Wildman–Crippen MR) is 111 cm³/mol. The van der Waals surface area contributed by atoms with Gasteiger partial charge in [-0.2, -0.15) is 4.68 Å². The van der Waals surface area contributed by atoms with Crippen molar-refractivity contribution in [2.75, 3.05) is 7.11 Å². The summed E-state index contributed by atoms with van der Waals surface area (Å²) in [6, 6.07) is 7.38. The number of halogens is 1. The van der Waals surface area contributed by atoms with Crippen LogP contribution in [0.1, 0.15) is 19.4 Å². The van der Waals surface area contributed by atoms with Gasteiger partial charge >= 0.3 is 5.69 Å². The summed E-state index contributed by atoms with van der Waals surface area (Å²) in [5.41, 5.74) is 0.654. The van der Waals surface area contributed by atoms with Gasteiger partial charge in [-0.05, 0) is 49.7 Å². The summed E-state index contributed by atoms with van der Waals surface area (Å²) in [5.74, 6) is -0.428. The van der Waals surface area contributed by atoms with E-state index in [0.29, 0.717) is 5.56 Å². The zero-order valence-corrected chi connectivity index (χ0v) is 16.9. The minimum absolute atomic E-state index is 0.00106. The highest BCUT2D eigenvalue weighted by Gasteiger charge is 2.20. The minimum Gasteiger partial charge on any atom is -0.494 e. The van der Waals surface area contributed by atoms with Crippen LogP contribution in [-0.2, 0) is 11.3 Å². The van der Waals surface area contributed by atoms with Crippen molar-refractivity contribution < 1.29 is 13.9 Å². The standard InChI is InChI=1S/C21H22FN5O3/c1-5-14-6-9-18(23-11-14)27-21(29)26(12-19(28)24-13(2)3)20(25-27)15-7-8-16(22)17(10-15)30-4/h5-11,13H,1,12H2,2-4H3,(H,24,28). The Morgan fingerprint density at radius 1 is 1.33 bits per heavy atom. The first-order valence-electron chi connectivity index (χ1n) is 9.26. The molecule has 9 heteroatoms. The maximum absolute atomic E-state index is 13.9. The molecule has 0 saturated heterocycles. The van der Waals surface area contributed by atoms with E-state index in [1.165, 1.54) is 29.9 Å².